The van der Waals surface area contributed by atoms with Gasteiger partial charge in [-0.3, -0.25) is 9.59 Å². The second kappa shape index (κ2) is 6.81. The molecule has 0 saturated carbocycles. The van der Waals surface area contributed by atoms with Gasteiger partial charge < -0.3 is 15.2 Å². The van der Waals surface area contributed by atoms with E-state index >= 15 is 0 Å². The number of nitrogens with one attached hydrogen (secondary N) is 1. The molecule has 1 aliphatic rings. The molecule has 0 saturated heterocycles. The lowest BCUT2D eigenvalue weighted by Gasteiger charge is -2.18. The topological polar surface area (TPSA) is 75.6 Å². The summed E-state index contributed by atoms with van der Waals surface area (Å²) in [5.41, 5.74) is 2.59. The minimum atomic E-state index is -0.328. The zero-order valence-corrected chi connectivity index (χ0v) is 14.1. The third kappa shape index (κ3) is 3.26. The van der Waals surface area contributed by atoms with Gasteiger partial charge in [0, 0.05) is 24.5 Å². The lowest BCUT2D eigenvalue weighted by molar-refractivity contribution is -0.114. The van der Waals surface area contributed by atoms with E-state index in [9.17, 15) is 14.7 Å². The Kier molecular flexibility index (Phi) is 4.57. The van der Waals surface area contributed by atoms with Gasteiger partial charge in [0.05, 0.1) is 24.1 Å². The molecule has 0 aromatic heterocycles. The number of anilines is 1. The van der Waals surface area contributed by atoms with Gasteiger partial charge in [-0.25, -0.2) is 0 Å². The molecule has 0 fully saturated rings. The molecule has 3 rings (SSSR count). The first-order valence-corrected chi connectivity index (χ1v) is 8.02. The van der Waals surface area contributed by atoms with Crippen LogP contribution in [0.2, 0.25) is 0 Å². The zero-order chi connectivity index (χ0) is 18.0. The molecule has 2 N–H and O–H groups in total. The predicted molar refractivity (Wildman–Crippen MR) is 95.6 cm³/mol. The quantitative estimate of drug-likeness (QED) is 0.837. The average Bonchev–Trinajstić information content (AvgIpc) is 2.61. The Morgan fingerprint density at radius 1 is 1.08 bits per heavy atom. The maximum Gasteiger partial charge on any atom is 0.221 e. The van der Waals surface area contributed by atoms with Crippen molar-refractivity contribution in [3.05, 3.63) is 64.4 Å². The summed E-state index contributed by atoms with van der Waals surface area (Å²) >= 11 is 0. The van der Waals surface area contributed by atoms with Gasteiger partial charge in [-0.05, 0) is 36.3 Å². The maximum absolute atomic E-state index is 12.9. The van der Waals surface area contributed by atoms with E-state index in [0.29, 0.717) is 24.1 Å². The smallest absolute Gasteiger partial charge is 0.221 e. The second-order valence-electron chi connectivity index (χ2n) is 5.90. The number of fused-ring (bicyclic) bond motifs is 1. The fourth-order valence-corrected chi connectivity index (χ4v) is 3.01. The Hall–Kier alpha value is -3.08. The van der Waals surface area contributed by atoms with E-state index in [1.165, 1.54) is 6.92 Å². The monoisotopic (exact) mass is 337 g/mol. The molecular formula is C20H19NO4. The molecule has 0 atom stereocenters. The van der Waals surface area contributed by atoms with Gasteiger partial charge in [0.25, 0.3) is 0 Å². The van der Waals surface area contributed by atoms with Gasteiger partial charge in [-0.2, -0.15) is 0 Å². The number of carbonyl (C=O) groups excluding carboxylic acids is 2. The van der Waals surface area contributed by atoms with Crippen LogP contribution in [0.15, 0.2) is 42.2 Å². The maximum atomic E-state index is 12.9. The van der Waals surface area contributed by atoms with Crippen molar-refractivity contribution in [3.63, 3.8) is 0 Å². The third-order valence-electron chi connectivity index (χ3n) is 4.25. The number of amides is 1. The number of aromatic hydroxyl groups is 1. The summed E-state index contributed by atoms with van der Waals surface area (Å²) < 4.78 is 5.26. The zero-order valence-electron chi connectivity index (χ0n) is 14.1. The van der Waals surface area contributed by atoms with Crippen LogP contribution < -0.4 is 5.32 Å². The first-order chi connectivity index (χ1) is 12.0. The number of hydrogen-bond acceptors (Lipinski definition) is 4. The van der Waals surface area contributed by atoms with Crippen molar-refractivity contribution in [1.82, 2.24) is 0 Å². The molecule has 0 bridgehead atoms. The summed E-state index contributed by atoms with van der Waals surface area (Å²) in [6.45, 7) is 1.39. The Balaban J connectivity index is 2.03. The Morgan fingerprint density at radius 3 is 2.56 bits per heavy atom. The number of hydrogen-bond donors (Lipinski definition) is 2. The minimum absolute atomic E-state index is 0.00784. The van der Waals surface area contributed by atoms with E-state index in [4.69, 9.17) is 4.74 Å². The molecule has 5 heteroatoms. The standard InChI is InChI=1S/C20H19NO4/c1-12(22)21-18-6-4-3-5-16(18)20(24)17-9-7-13-11-14(25-2)8-10-15(13)19(17)23/h3-7,9,11,23H,8,10H2,1-2H3,(H,21,22). The number of carbonyl (C=O) groups is 2. The lowest BCUT2D eigenvalue weighted by atomic mass is 9.90. The van der Waals surface area contributed by atoms with Crippen molar-refractivity contribution in [2.24, 2.45) is 0 Å². The molecule has 0 unspecified atom stereocenters. The highest BCUT2D eigenvalue weighted by atomic mass is 16.5. The van der Waals surface area contributed by atoms with Crippen LogP contribution in [0.3, 0.4) is 0 Å². The second-order valence-corrected chi connectivity index (χ2v) is 5.90. The molecule has 25 heavy (non-hydrogen) atoms. The fraction of sp³-hybridized carbons (Fsp3) is 0.200. The number of methoxy groups -OCH3 is 1. The minimum Gasteiger partial charge on any atom is -0.507 e. The van der Waals surface area contributed by atoms with Gasteiger partial charge in [0.15, 0.2) is 5.78 Å². The van der Waals surface area contributed by atoms with E-state index in [1.807, 2.05) is 12.1 Å². The molecule has 0 spiro atoms. The summed E-state index contributed by atoms with van der Waals surface area (Å²) in [7, 11) is 1.62. The number of ether oxygens (including phenoxy) is 1. The largest absolute Gasteiger partial charge is 0.507 e. The van der Waals surface area contributed by atoms with Crippen molar-refractivity contribution in [1.29, 1.82) is 0 Å². The lowest BCUT2D eigenvalue weighted by Crippen LogP contribution is -2.12. The summed E-state index contributed by atoms with van der Waals surface area (Å²) in [4.78, 5) is 24.3. The molecular weight excluding hydrogens is 318 g/mol. The number of allylic oxidation sites excluding steroid dienone is 1. The highest BCUT2D eigenvalue weighted by Gasteiger charge is 2.22. The molecule has 5 nitrogen and oxygen atoms in total. The van der Waals surface area contributed by atoms with E-state index in [0.717, 1.165) is 16.9 Å². The van der Waals surface area contributed by atoms with Crippen molar-refractivity contribution in [3.8, 4) is 5.75 Å². The first kappa shape index (κ1) is 16.8. The molecule has 1 aliphatic carbocycles. The van der Waals surface area contributed by atoms with Crippen LogP contribution in [0.25, 0.3) is 6.08 Å². The molecule has 2 aromatic rings. The molecule has 0 heterocycles. The summed E-state index contributed by atoms with van der Waals surface area (Å²) in [5, 5.41) is 13.3. The number of phenols is 1. The summed E-state index contributed by atoms with van der Waals surface area (Å²) in [6.07, 6.45) is 3.16. The average molecular weight is 337 g/mol. The van der Waals surface area contributed by atoms with Gasteiger partial charge in [-0.15, -0.1) is 0 Å². The molecule has 0 radical (unpaired) electrons. The SMILES string of the molecule is COC1=Cc2ccc(C(=O)c3ccccc3NC(C)=O)c(O)c2CC1. The van der Waals surface area contributed by atoms with Crippen LogP contribution in [0.5, 0.6) is 5.75 Å². The number of rotatable bonds is 4. The predicted octanol–water partition coefficient (Wildman–Crippen LogP) is 3.52. The normalized spacial score (nSPS) is 12.8. The van der Waals surface area contributed by atoms with E-state index in [1.54, 1.807) is 37.4 Å². The van der Waals surface area contributed by atoms with Crippen LogP contribution in [0.4, 0.5) is 5.69 Å². The fourth-order valence-electron chi connectivity index (χ4n) is 3.01. The number of ketones is 1. The van der Waals surface area contributed by atoms with Crippen LogP contribution in [0, 0.1) is 0 Å². The first-order valence-electron chi connectivity index (χ1n) is 8.02. The van der Waals surface area contributed by atoms with Crippen LogP contribution in [-0.4, -0.2) is 23.9 Å². The van der Waals surface area contributed by atoms with Crippen molar-refractivity contribution in [2.75, 3.05) is 12.4 Å². The Bertz CT molecular complexity index is 883. The van der Waals surface area contributed by atoms with Gasteiger partial charge >= 0.3 is 0 Å². The number of benzene rings is 2. The van der Waals surface area contributed by atoms with Crippen molar-refractivity contribution in [2.45, 2.75) is 19.8 Å². The molecule has 1 amide bonds. The summed E-state index contributed by atoms with van der Waals surface area (Å²) in [6, 6.07) is 10.2. The molecule has 128 valence electrons. The third-order valence-corrected chi connectivity index (χ3v) is 4.25. The highest BCUT2D eigenvalue weighted by molar-refractivity contribution is 6.15. The van der Waals surface area contributed by atoms with E-state index < -0.39 is 0 Å². The van der Waals surface area contributed by atoms with Crippen LogP contribution in [0.1, 0.15) is 40.4 Å². The number of para-hydroxylation sites is 1. The van der Waals surface area contributed by atoms with Crippen molar-refractivity contribution >= 4 is 23.5 Å². The van der Waals surface area contributed by atoms with Gasteiger partial charge in [-0.1, -0.05) is 18.2 Å². The van der Waals surface area contributed by atoms with Crippen LogP contribution >= 0.6 is 0 Å². The van der Waals surface area contributed by atoms with Crippen LogP contribution in [-0.2, 0) is 16.0 Å². The van der Waals surface area contributed by atoms with Crippen molar-refractivity contribution < 1.29 is 19.4 Å². The van der Waals surface area contributed by atoms with E-state index in [-0.39, 0.29) is 23.0 Å². The van der Waals surface area contributed by atoms with Gasteiger partial charge in [0.2, 0.25) is 5.91 Å². The highest BCUT2D eigenvalue weighted by Crippen LogP contribution is 2.35. The molecule has 2 aromatic carbocycles. The summed E-state index contributed by atoms with van der Waals surface area (Å²) in [5.74, 6) is 0.256. The number of phenolic OH excluding ortho intramolecular Hbond substituents is 1. The van der Waals surface area contributed by atoms with E-state index in [2.05, 4.69) is 5.32 Å². The van der Waals surface area contributed by atoms with Gasteiger partial charge in [0.1, 0.15) is 5.75 Å². The Labute approximate surface area is 145 Å². The molecule has 0 aliphatic heterocycles. The Morgan fingerprint density at radius 2 is 1.84 bits per heavy atom.